The molecule has 0 saturated heterocycles. The van der Waals surface area contributed by atoms with Gasteiger partial charge >= 0.3 is 11.9 Å². The van der Waals surface area contributed by atoms with E-state index >= 15 is 0 Å². The quantitative estimate of drug-likeness (QED) is 0.397. The van der Waals surface area contributed by atoms with Crippen LogP contribution in [0.25, 0.3) is 0 Å². The lowest BCUT2D eigenvalue weighted by Crippen LogP contribution is -2.28. The van der Waals surface area contributed by atoms with E-state index in [4.69, 9.17) is 0 Å². The van der Waals surface area contributed by atoms with Crippen LogP contribution in [0.5, 0.6) is 0 Å². The van der Waals surface area contributed by atoms with Crippen molar-refractivity contribution < 1.29 is 14.3 Å². The zero-order valence-electron chi connectivity index (χ0n) is 7.68. The molecule has 4 heteroatoms. The first-order valence-electron chi connectivity index (χ1n) is 3.65. The lowest BCUT2D eigenvalue weighted by molar-refractivity contribution is -0.165. The average Bonchev–Trinajstić information content (AvgIpc) is 1.85. The second kappa shape index (κ2) is 4.03. The van der Waals surface area contributed by atoms with E-state index in [-0.39, 0.29) is 0 Å². The largest absolute Gasteiger partial charge is 0.392 e. The zero-order valence-corrected chi connectivity index (χ0v) is 9.27. The van der Waals surface area contributed by atoms with Gasteiger partial charge in [-0.15, -0.1) is 0 Å². The number of hydrogen-bond donors (Lipinski definition) is 0. The summed E-state index contributed by atoms with van der Waals surface area (Å²) in [7, 11) is 0. The Hall–Kier alpha value is -0.380. The average molecular weight is 237 g/mol. The molecule has 0 saturated carbocycles. The van der Waals surface area contributed by atoms with Crippen molar-refractivity contribution in [3.63, 3.8) is 0 Å². The first-order valence-corrected chi connectivity index (χ1v) is 4.57. The Morgan fingerprint density at radius 2 is 1.75 bits per heavy atom. The standard InChI is InChI=1S/C8H13BrO3/c1-5(9)6(10)12-7(11)8(2,3)4/h5H,1-4H3. The van der Waals surface area contributed by atoms with Gasteiger partial charge in [-0.1, -0.05) is 15.9 Å². The van der Waals surface area contributed by atoms with Gasteiger partial charge in [0.25, 0.3) is 0 Å². The molecule has 0 N–H and O–H groups in total. The molecule has 0 aliphatic rings. The minimum atomic E-state index is -0.627. The maximum absolute atomic E-state index is 11.1. The van der Waals surface area contributed by atoms with Gasteiger partial charge in [0.1, 0.15) is 4.83 Å². The van der Waals surface area contributed by atoms with Crippen molar-refractivity contribution in [3.8, 4) is 0 Å². The van der Waals surface area contributed by atoms with Gasteiger partial charge in [-0.05, 0) is 27.7 Å². The summed E-state index contributed by atoms with van der Waals surface area (Å²) in [5.74, 6) is -1.05. The third-order valence-corrected chi connectivity index (χ3v) is 1.50. The third-order valence-electron chi connectivity index (χ3n) is 1.13. The molecule has 1 atom stereocenters. The molecule has 0 heterocycles. The molecular formula is C8H13BrO3. The molecule has 0 aromatic heterocycles. The Morgan fingerprint density at radius 3 is 2.00 bits per heavy atom. The molecule has 0 spiro atoms. The normalized spacial score (nSPS) is 13.8. The fourth-order valence-corrected chi connectivity index (χ4v) is 0.419. The van der Waals surface area contributed by atoms with E-state index in [2.05, 4.69) is 20.7 Å². The SMILES string of the molecule is CC(Br)C(=O)OC(=O)C(C)(C)C. The fraction of sp³-hybridized carbons (Fsp3) is 0.750. The molecule has 0 rings (SSSR count). The van der Waals surface area contributed by atoms with Gasteiger partial charge in [0.15, 0.2) is 0 Å². The number of carbonyl (C=O) groups is 2. The molecule has 0 bridgehead atoms. The number of esters is 2. The number of carbonyl (C=O) groups excluding carboxylic acids is 2. The van der Waals surface area contributed by atoms with Gasteiger partial charge in [0.2, 0.25) is 0 Å². The van der Waals surface area contributed by atoms with Gasteiger partial charge in [-0.3, -0.25) is 9.59 Å². The highest BCUT2D eigenvalue weighted by atomic mass is 79.9. The van der Waals surface area contributed by atoms with Gasteiger partial charge in [0, 0.05) is 0 Å². The Bertz CT molecular complexity index is 191. The third kappa shape index (κ3) is 3.85. The Kier molecular flexibility index (Phi) is 3.90. The Labute approximate surface area is 80.6 Å². The first-order chi connectivity index (χ1) is 5.25. The maximum atomic E-state index is 11.1. The molecule has 0 aromatic rings. The minimum absolute atomic E-state index is 0.441. The maximum Gasteiger partial charge on any atom is 0.327 e. The highest BCUT2D eigenvalue weighted by Crippen LogP contribution is 2.16. The van der Waals surface area contributed by atoms with Gasteiger partial charge in [-0.25, -0.2) is 0 Å². The predicted molar refractivity (Wildman–Crippen MR) is 48.9 cm³/mol. The summed E-state index contributed by atoms with van der Waals surface area (Å²) in [6, 6.07) is 0. The minimum Gasteiger partial charge on any atom is -0.392 e. The predicted octanol–water partition coefficient (Wildman–Crippen LogP) is 1.89. The molecule has 0 aliphatic heterocycles. The van der Waals surface area contributed by atoms with Crippen LogP contribution in [-0.2, 0) is 14.3 Å². The van der Waals surface area contributed by atoms with Crippen LogP contribution in [0, 0.1) is 5.41 Å². The number of halogens is 1. The van der Waals surface area contributed by atoms with Crippen LogP contribution in [0.15, 0.2) is 0 Å². The second-order valence-electron chi connectivity index (χ2n) is 3.57. The molecule has 3 nitrogen and oxygen atoms in total. The molecular weight excluding hydrogens is 224 g/mol. The molecule has 1 unspecified atom stereocenters. The highest BCUT2D eigenvalue weighted by Gasteiger charge is 2.26. The van der Waals surface area contributed by atoms with E-state index in [0.29, 0.717) is 0 Å². The van der Waals surface area contributed by atoms with E-state index in [0.717, 1.165) is 0 Å². The number of ether oxygens (including phenoxy) is 1. The van der Waals surface area contributed by atoms with Crippen molar-refractivity contribution in [2.45, 2.75) is 32.5 Å². The lowest BCUT2D eigenvalue weighted by atomic mass is 9.97. The Morgan fingerprint density at radius 1 is 1.33 bits per heavy atom. The molecule has 70 valence electrons. The van der Waals surface area contributed by atoms with Crippen LogP contribution in [0.2, 0.25) is 0 Å². The smallest absolute Gasteiger partial charge is 0.327 e. The van der Waals surface area contributed by atoms with Crippen LogP contribution < -0.4 is 0 Å². The van der Waals surface area contributed by atoms with Crippen molar-refractivity contribution in [3.05, 3.63) is 0 Å². The van der Waals surface area contributed by atoms with E-state index in [9.17, 15) is 9.59 Å². The first kappa shape index (κ1) is 11.6. The van der Waals surface area contributed by atoms with E-state index < -0.39 is 22.2 Å². The molecule has 0 radical (unpaired) electrons. The summed E-state index contributed by atoms with van der Waals surface area (Å²) in [6.07, 6.45) is 0. The molecule has 0 aromatic carbocycles. The van der Waals surface area contributed by atoms with Gasteiger partial charge < -0.3 is 4.74 Å². The zero-order chi connectivity index (χ0) is 9.94. The van der Waals surface area contributed by atoms with E-state index in [1.807, 2.05) is 0 Å². The van der Waals surface area contributed by atoms with Crippen molar-refractivity contribution in [1.82, 2.24) is 0 Å². The topological polar surface area (TPSA) is 43.4 Å². The van der Waals surface area contributed by atoms with Crippen LogP contribution in [0.4, 0.5) is 0 Å². The molecule has 12 heavy (non-hydrogen) atoms. The van der Waals surface area contributed by atoms with Gasteiger partial charge in [-0.2, -0.15) is 0 Å². The lowest BCUT2D eigenvalue weighted by Gasteiger charge is -2.15. The second-order valence-corrected chi connectivity index (χ2v) is 4.95. The van der Waals surface area contributed by atoms with Crippen LogP contribution in [0.3, 0.4) is 0 Å². The summed E-state index contributed by atoms with van der Waals surface area (Å²) >= 11 is 3.01. The van der Waals surface area contributed by atoms with Crippen molar-refractivity contribution in [1.29, 1.82) is 0 Å². The Balaban J connectivity index is 4.12. The molecule has 0 fully saturated rings. The summed E-state index contributed by atoms with van der Waals surface area (Å²) in [5.41, 5.74) is -0.627. The summed E-state index contributed by atoms with van der Waals surface area (Å²) in [6.45, 7) is 6.70. The van der Waals surface area contributed by atoms with Gasteiger partial charge in [0.05, 0.1) is 5.41 Å². The van der Waals surface area contributed by atoms with Crippen molar-refractivity contribution in [2.75, 3.05) is 0 Å². The molecule has 0 aliphatic carbocycles. The van der Waals surface area contributed by atoms with Crippen LogP contribution in [0.1, 0.15) is 27.7 Å². The van der Waals surface area contributed by atoms with Crippen LogP contribution >= 0.6 is 15.9 Å². The number of alkyl halides is 1. The fourth-order valence-electron chi connectivity index (χ4n) is 0.326. The summed E-state index contributed by atoms with van der Waals surface area (Å²) < 4.78 is 4.55. The monoisotopic (exact) mass is 236 g/mol. The number of hydrogen-bond acceptors (Lipinski definition) is 3. The van der Waals surface area contributed by atoms with Crippen molar-refractivity contribution >= 4 is 27.9 Å². The summed E-state index contributed by atoms with van der Waals surface area (Å²) in [4.78, 5) is 21.6. The highest BCUT2D eigenvalue weighted by molar-refractivity contribution is 9.10. The number of rotatable bonds is 1. The van der Waals surface area contributed by atoms with Crippen LogP contribution in [-0.4, -0.2) is 16.8 Å². The van der Waals surface area contributed by atoms with E-state index in [1.165, 1.54) is 0 Å². The molecule has 0 amide bonds. The van der Waals surface area contributed by atoms with Crippen molar-refractivity contribution in [2.24, 2.45) is 5.41 Å². The van der Waals surface area contributed by atoms with E-state index in [1.54, 1.807) is 27.7 Å². The summed E-state index contributed by atoms with van der Waals surface area (Å²) in [5, 5.41) is 0.